The maximum atomic E-state index is 12.0. The Bertz CT molecular complexity index is 519. The number of rotatable bonds is 4. The Morgan fingerprint density at radius 3 is 2.59 bits per heavy atom. The van der Waals surface area contributed by atoms with Crippen LogP contribution in [0, 0.1) is 0 Å². The van der Waals surface area contributed by atoms with Gasteiger partial charge in [0.1, 0.15) is 12.2 Å². The van der Waals surface area contributed by atoms with E-state index in [9.17, 15) is 4.79 Å². The molecule has 1 heterocycles. The van der Waals surface area contributed by atoms with Crippen molar-refractivity contribution >= 4 is 17.5 Å². The van der Waals surface area contributed by atoms with Crippen LogP contribution < -0.4 is 0 Å². The fraction of sp³-hybridized carbons (Fsp3) is 0.250. The van der Waals surface area contributed by atoms with E-state index < -0.39 is 0 Å². The molecule has 17 heavy (non-hydrogen) atoms. The van der Waals surface area contributed by atoms with Crippen molar-refractivity contribution in [2.24, 2.45) is 7.05 Å². The van der Waals surface area contributed by atoms with Crippen LogP contribution in [0.5, 0.6) is 0 Å². The number of Topliss-reactive ketones (excluding diaryl/α,β-unsaturated/α-hetero) is 1. The van der Waals surface area contributed by atoms with Gasteiger partial charge in [0.2, 0.25) is 0 Å². The first-order chi connectivity index (χ1) is 8.20. The van der Waals surface area contributed by atoms with E-state index in [1.807, 2.05) is 30.5 Å². The van der Waals surface area contributed by atoms with E-state index in [1.165, 1.54) is 6.33 Å². The fourth-order valence-corrected chi connectivity index (χ4v) is 1.91. The Labute approximate surface area is 104 Å². The Balaban J connectivity index is 2.12. The highest BCUT2D eigenvalue weighted by Crippen LogP contribution is 2.15. The molecule has 0 bridgehead atoms. The van der Waals surface area contributed by atoms with E-state index in [-0.39, 0.29) is 12.2 Å². The number of aryl methyl sites for hydroxylation is 1. The summed E-state index contributed by atoms with van der Waals surface area (Å²) in [5, 5.41) is 3.94. The number of benzene rings is 1. The summed E-state index contributed by atoms with van der Waals surface area (Å²) >= 11 is 1.66. The molecule has 0 aliphatic rings. The zero-order valence-corrected chi connectivity index (χ0v) is 10.6. The first-order valence-electron chi connectivity index (χ1n) is 5.21. The van der Waals surface area contributed by atoms with Gasteiger partial charge in [0.25, 0.3) is 0 Å². The molecule has 0 atom stereocenters. The summed E-state index contributed by atoms with van der Waals surface area (Å²) in [6.07, 6.45) is 3.75. The Morgan fingerprint density at radius 2 is 2.06 bits per heavy atom. The van der Waals surface area contributed by atoms with Crippen LogP contribution in [-0.2, 0) is 13.5 Å². The van der Waals surface area contributed by atoms with E-state index in [0.29, 0.717) is 11.4 Å². The van der Waals surface area contributed by atoms with E-state index in [2.05, 4.69) is 10.1 Å². The van der Waals surface area contributed by atoms with E-state index in [4.69, 9.17) is 0 Å². The van der Waals surface area contributed by atoms with Crippen LogP contribution in [0.3, 0.4) is 0 Å². The maximum Gasteiger partial charge on any atom is 0.170 e. The van der Waals surface area contributed by atoms with Crippen molar-refractivity contribution in [2.75, 3.05) is 6.26 Å². The lowest BCUT2D eigenvalue weighted by Crippen LogP contribution is -2.08. The first kappa shape index (κ1) is 11.9. The fourth-order valence-electron chi connectivity index (χ4n) is 1.50. The van der Waals surface area contributed by atoms with Crippen LogP contribution in [0.4, 0.5) is 0 Å². The van der Waals surface area contributed by atoms with Crippen LogP contribution >= 0.6 is 11.8 Å². The minimum absolute atomic E-state index is 0.0637. The summed E-state index contributed by atoms with van der Waals surface area (Å²) in [4.78, 5) is 17.2. The van der Waals surface area contributed by atoms with Crippen molar-refractivity contribution in [1.29, 1.82) is 0 Å². The number of ketones is 1. The van der Waals surface area contributed by atoms with Gasteiger partial charge in [-0.2, -0.15) is 5.10 Å². The normalized spacial score (nSPS) is 10.5. The molecular weight excluding hydrogens is 234 g/mol. The minimum Gasteiger partial charge on any atom is -0.294 e. The molecule has 2 rings (SSSR count). The molecule has 0 spiro atoms. The van der Waals surface area contributed by atoms with Gasteiger partial charge in [-0.3, -0.25) is 9.48 Å². The number of nitrogens with zero attached hydrogens (tertiary/aromatic N) is 3. The molecule has 0 N–H and O–H groups in total. The smallest absolute Gasteiger partial charge is 0.170 e. The average Bonchev–Trinajstić information content (AvgIpc) is 2.75. The molecule has 0 radical (unpaired) electrons. The second-order valence-electron chi connectivity index (χ2n) is 3.63. The summed E-state index contributed by atoms with van der Waals surface area (Å²) < 4.78 is 1.62. The Morgan fingerprint density at radius 1 is 1.35 bits per heavy atom. The van der Waals surface area contributed by atoms with Gasteiger partial charge in [0.15, 0.2) is 5.78 Å². The van der Waals surface area contributed by atoms with Crippen LogP contribution in [0.1, 0.15) is 16.2 Å². The molecule has 0 amide bonds. The number of aromatic nitrogens is 3. The van der Waals surface area contributed by atoms with Crippen molar-refractivity contribution in [1.82, 2.24) is 14.8 Å². The van der Waals surface area contributed by atoms with Gasteiger partial charge in [-0.15, -0.1) is 11.8 Å². The Hall–Kier alpha value is -1.62. The molecule has 0 fully saturated rings. The van der Waals surface area contributed by atoms with Gasteiger partial charge < -0.3 is 0 Å². The lowest BCUT2D eigenvalue weighted by molar-refractivity contribution is 0.0989. The van der Waals surface area contributed by atoms with E-state index in [1.54, 1.807) is 23.5 Å². The van der Waals surface area contributed by atoms with Crippen molar-refractivity contribution in [2.45, 2.75) is 11.3 Å². The van der Waals surface area contributed by atoms with Crippen LogP contribution in [0.25, 0.3) is 0 Å². The molecule has 1 aromatic carbocycles. The molecule has 88 valence electrons. The summed E-state index contributed by atoms with van der Waals surface area (Å²) in [5.74, 6) is 0.748. The van der Waals surface area contributed by atoms with Gasteiger partial charge >= 0.3 is 0 Å². The highest BCUT2D eigenvalue weighted by Gasteiger charge is 2.10. The zero-order chi connectivity index (χ0) is 12.3. The molecule has 4 nitrogen and oxygen atoms in total. The zero-order valence-electron chi connectivity index (χ0n) is 9.75. The maximum absolute atomic E-state index is 12.0. The van der Waals surface area contributed by atoms with Crippen LogP contribution in [0.15, 0.2) is 35.5 Å². The van der Waals surface area contributed by atoms with Gasteiger partial charge in [-0.25, -0.2) is 4.98 Å². The number of carbonyl (C=O) groups excluding carboxylic acids is 1. The third-order valence-electron chi connectivity index (χ3n) is 2.54. The predicted octanol–water partition coefficient (Wildman–Crippen LogP) is 1.96. The molecule has 0 saturated carbocycles. The molecule has 1 aromatic heterocycles. The van der Waals surface area contributed by atoms with Gasteiger partial charge in [0.05, 0.1) is 6.42 Å². The first-order valence-corrected chi connectivity index (χ1v) is 6.43. The highest BCUT2D eigenvalue weighted by molar-refractivity contribution is 7.98. The lowest BCUT2D eigenvalue weighted by Gasteiger charge is -2.02. The van der Waals surface area contributed by atoms with Gasteiger partial charge in [0, 0.05) is 17.5 Å². The summed E-state index contributed by atoms with van der Waals surface area (Å²) in [6, 6.07) is 7.61. The Kier molecular flexibility index (Phi) is 3.58. The molecule has 5 heteroatoms. The number of carbonyl (C=O) groups is 1. The largest absolute Gasteiger partial charge is 0.294 e. The topological polar surface area (TPSA) is 47.8 Å². The van der Waals surface area contributed by atoms with Crippen molar-refractivity contribution < 1.29 is 4.79 Å². The standard InChI is InChI=1S/C12H13N3OS/c1-15-12(13-8-14-15)7-11(16)9-3-5-10(17-2)6-4-9/h3-6,8H,7H2,1-2H3. The SMILES string of the molecule is CSc1ccc(C(=O)Cc2ncnn2C)cc1. The van der Waals surface area contributed by atoms with E-state index in [0.717, 1.165) is 4.90 Å². The van der Waals surface area contributed by atoms with E-state index >= 15 is 0 Å². The average molecular weight is 247 g/mol. The van der Waals surface area contributed by atoms with Gasteiger partial charge in [-0.05, 0) is 18.4 Å². The number of hydrogen-bond acceptors (Lipinski definition) is 4. The van der Waals surface area contributed by atoms with Crippen LogP contribution in [0.2, 0.25) is 0 Å². The summed E-state index contributed by atoms with van der Waals surface area (Å²) in [6.45, 7) is 0. The highest BCUT2D eigenvalue weighted by atomic mass is 32.2. The molecule has 0 saturated heterocycles. The molecule has 0 unspecified atom stereocenters. The monoisotopic (exact) mass is 247 g/mol. The molecule has 0 aliphatic carbocycles. The predicted molar refractivity (Wildman–Crippen MR) is 67.3 cm³/mol. The second-order valence-corrected chi connectivity index (χ2v) is 4.51. The second kappa shape index (κ2) is 5.14. The third kappa shape index (κ3) is 2.74. The third-order valence-corrected chi connectivity index (χ3v) is 3.28. The summed E-state index contributed by atoms with van der Waals surface area (Å²) in [7, 11) is 1.78. The summed E-state index contributed by atoms with van der Waals surface area (Å²) in [5.41, 5.74) is 0.714. The quantitative estimate of drug-likeness (QED) is 0.612. The molecule has 2 aromatic rings. The van der Waals surface area contributed by atoms with Crippen molar-refractivity contribution in [3.8, 4) is 0 Å². The van der Waals surface area contributed by atoms with Crippen molar-refractivity contribution in [3.05, 3.63) is 42.0 Å². The van der Waals surface area contributed by atoms with Crippen LogP contribution in [-0.4, -0.2) is 26.8 Å². The minimum atomic E-state index is 0.0637. The van der Waals surface area contributed by atoms with Crippen molar-refractivity contribution in [3.63, 3.8) is 0 Å². The molecular formula is C12H13N3OS. The number of hydrogen-bond donors (Lipinski definition) is 0. The lowest BCUT2D eigenvalue weighted by atomic mass is 10.1. The molecule has 0 aliphatic heterocycles. The number of thioether (sulfide) groups is 1. The van der Waals surface area contributed by atoms with Gasteiger partial charge in [-0.1, -0.05) is 12.1 Å².